The van der Waals surface area contributed by atoms with Crippen molar-refractivity contribution in [2.24, 2.45) is 0 Å². The van der Waals surface area contributed by atoms with Gasteiger partial charge in [-0.1, -0.05) is 42.0 Å². The van der Waals surface area contributed by atoms with Gasteiger partial charge in [0.05, 0.1) is 32.3 Å². The van der Waals surface area contributed by atoms with Crippen LogP contribution >= 0.6 is 22.7 Å². The Morgan fingerprint density at radius 2 is 1.74 bits per heavy atom. The van der Waals surface area contributed by atoms with Crippen molar-refractivity contribution in [3.63, 3.8) is 0 Å². The molecule has 0 spiro atoms. The van der Waals surface area contributed by atoms with E-state index in [-0.39, 0.29) is 5.91 Å². The van der Waals surface area contributed by atoms with Crippen molar-refractivity contribution in [1.29, 1.82) is 0 Å². The lowest BCUT2D eigenvalue weighted by molar-refractivity contribution is -0.131. The van der Waals surface area contributed by atoms with Crippen LogP contribution in [0.15, 0.2) is 48.5 Å². The average Bonchev–Trinajstić information content (AvgIpc) is 3.37. The molecule has 1 saturated heterocycles. The van der Waals surface area contributed by atoms with Crippen LogP contribution in [0.3, 0.4) is 0 Å². The Labute approximate surface area is 190 Å². The number of hydrogen-bond acceptors (Lipinski definition) is 5. The van der Waals surface area contributed by atoms with Crippen LogP contribution in [0.2, 0.25) is 0 Å². The van der Waals surface area contributed by atoms with Gasteiger partial charge in [0, 0.05) is 29.4 Å². The molecule has 1 aliphatic rings. The Kier molecular flexibility index (Phi) is 5.59. The predicted octanol–water partition coefficient (Wildman–Crippen LogP) is 5.99. The van der Waals surface area contributed by atoms with Crippen LogP contribution in [0.5, 0.6) is 0 Å². The van der Waals surface area contributed by atoms with Gasteiger partial charge in [-0.15, -0.1) is 22.7 Å². The molecule has 0 unspecified atom stereocenters. The normalized spacial score (nSPS) is 15.0. The van der Waals surface area contributed by atoms with E-state index in [1.807, 2.05) is 17.9 Å². The maximum Gasteiger partial charge on any atom is 0.227 e. The molecule has 6 heteroatoms. The molecule has 31 heavy (non-hydrogen) atoms. The number of carbonyl (C=O) groups excluding carboxylic acids is 1. The van der Waals surface area contributed by atoms with Crippen molar-refractivity contribution in [3.8, 4) is 11.3 Å². The minimum atomic E-state index is 0.208. The quantitative estimate of drug-likeness (QED) is 0.386. The summed E-state index contributed by atoms with van der Waals surface area (Å²) in [4.78, 5) is 25.7. The summed E-state index contributed by atoms with van der Waals surface area (Å²) in [7, 11) is 0. The summed E-state index contributed by atoms with van der Waals surface area (Å²) < 4.78 is 1.25. The standard InChI is InChI=1S/C25H25N3OS2/c1-16-7-9-18(10-8-16)24-22(30-17(2)26-24)15-23(29)28-13-11-19(12-14-28)25-27-20-5-3-4-6-21(20)31-25/h3-10,19H,11-15H2,1-2H3. The van der Waals surface area contributed by atoms with Crippen LogP contribution in [0.1, 0.15) is 39.2 Å². The van der Waals surface area contributed by atoms with Gasteiger partial charge in [-0.05, 0) is 38.8 Å². The summed E-state index contributed by atoms with van der Waals surface area (Å²) in [5.41, 5.74) is 4.36. The Balaban J connectivity index is 1.26. The number of carbonyl (C=O) groups is 1. The molecule has 0 radical (unpaired) electrons. The summed E-state index contributed by atoms with van der Waals surface area (Å²) in [5.74, 6) is 0.662. The lowest BCUT2D eigenvalue weighted by atomic mass is 9.97. The number of fused-ring (bicyclic) bond motifs is 1. The number of para-hydroxylation sites is 1. The zero-order valence-electron chi connectivity index (χ0n) is 17.8. The van der Waals surface area contributed by atoms with E-state index in [1.165, 1.54) is 15.3 Å². The first-order chi connectivity index (χ1) is 15.1. The highest BCUT2D eigenvalue weighted by molar-refractivity contribution is 7.18. The second-order valence-corrected chi connectivity index (χ2v) is 10.6. The number of benzene rings is 2. The van der Waals surface area contributed by atoms with Crippen molar-refractivity contribution < 1.29 is 4.79 Å². The van der Waals surface area contributed by atoms with Gasteiger partial charge in [0.25, 0.3) is 0 Å². The smallest absolute Gasteiger partial charge is 0.227 e. The molecule has 4 nitrogen and oxygen atoms in total. The largest absolute Gasteiger partial charge is 0.342 e. The first-order valence-electron chi connectivity index (χ1n) is 10.7. The fourth-order valence-electron chi connectivity index (χ4n) is 4.22. The lowest BCUT2D eigenvalue weighted by Crippen LogP contribution is -2.38. The fraction of sp³-hybridized carbons (Fsp3) is 0.320. The molecule has 4 aromatic rings. The maximum absolute atomic E-state index is 13.1. The van der Waals surface area contributed by atoms with Gasteiger partial charge in [0.15, 0.2) is 0 Å². The molecule has 0 atom stereocenters. The average molecular weight is 448 g/mol. The zero-order chi connectivity index (χ0) is 21.4. The van der Waals surface area contributed by atoms with Crippen LogP contribution < -0.4 is 0 Å². The van der Waals surface area contributed by atoms with Gasteiger partial charge in [-0.2, -0.15) is 0 Å². The van der Waals surface area contributed by atoms with Crippen molar-refractivity contribution in [2.45, 2.75) is 39.0 Å². The highest BCUT2D eigenvalue weighted by Gasteiger charge is 2.27. The van der Waals surface area contributed by atoms with Gasteiger partial charge in [-0.3, -0.25) is 4.79 Å². The summed E-state index contributed by atoms with van der Waals surface area (Å²) in [6, 6.07) is 16.7. The number of aromatic nitrogens is 2. The Hall–Kier alpha value is -2.57. The van der Waals surface area contributed by atoms with Crippen molar-refractivity contribution in [3.05, 3.63) is 69.0 Å². The first-order valence-corrected chi connectivity index (χ1v) is 12.4. The second kappa shape index (κ2) is 8.52. The maximum atomic E-state index is 13.1. The van der Waals surface area contributed by atoms with Gasteiger partial charge in [-0.25, -0.2) is 9.97 Å². The van der Waals surface area contributed by atoms with Crippen LogP contribution in [0, 0.1) is 13.8 Å². The number of hydrogen-bond donors (Lipinski definition) is 0. The van der Waals surface area contributed by atoms with E-state index < -0.39 is 0 Å². The second-order valence-electron chi connectivity index (χ2n) is 8.22. The summed E-state index contributed by atoms with van der Waals surface area (Å²) in [6.07, 6.45) is 2.40. The highest BCUT2D eigenvalue weighted by Crippen LogP contribution is 2.34. The van der Waals surface area contributed by atoms with Gasteiger partial charge in [0.1, 0.15) is 0 Å². The van der Waals surface area contributed by atoms with Gasteiger partial charge < -0.3 is 4.90 Å². The zero-order valence-corrected chi connectivity index (χ0v) is 19.4. The molecule has 2 aromatic heterocycles. The number of thiazole rings is 2. The topological polar surface area (TPSA) is 46.1 Å². The number of likely N-dealkylation sites (tertiary alicyclic amines) is 1. The highest BCUT2D eigenvalue weighted by atomic mass is 32.1. The van der Waals surface area contributed by atoms with Gasteiger partial charge >= 0.3 is 0 Å². The monoisotopic (exact) mass is 447 g/mol. The third kappa shape index (κ3) is 4.27. The Bertz CT molecular complexity index is 1180. The van der Waals surface area contributed by atoms with Crippen molar-refractivity contribution in [2.75, 3.05) is 13.1 Å². The SMILES string of the molecule is Cc1ccc(-c2nc(C)sc2CC(=O)N2CCC(c3nc4ccccc4s3)CC2)cc1. The van der Waals surface area contributed by atoms with Crippen LogP contribution in [-0.2, 0) is 11.2 Å². The molecule has 0 bridgehead atoms. The predicted molar refractivity (Wildman–Crippen MR) is 129 cm³/mol. The van der Waals surface area contributed by atoms with E-state index in [0.717, 1.165) is 52.6 Å². The number of nitrogens with zero attached hydrogens (tertiary/aromatic N) is 3. The Morgan fingerprint density at radius 3 is 2.48 bits per heavy atom. The summed E-state index contributed by atoms with van der Waals surface area (Å²) in [6.45, 7) is 5.70. The molecular formula is C25H25N3OS2. The van der Waals surface area contributed by atoms with Crippen molar-refractivity contribution in [1.82, 2.24) is 14.9 Å². The van der Waals surface area contributed by atoms with Crippen LogP contribution in [-0.4, -0.2) is 33.9 Å². The molecule has 1 amide bonds. The summed E-state index contributed by atoms with van der Waals surface area (Å²) >= 11 is 3.44. The number of piperidine rings is 1. The molecule has 0 saturated carbocycles. The molecule has 0 N–H and O–H groups in total. The van der Waals surface area contributed by atoms with Gasteiger partial charge in [0.2, 0.25) is 5.91 Å². The minimum Gasteiger partial charge on any atom is -0.342 e. The van der Waals surface area contributed by atoms with Crippen LogP contribution in [0.25, 0.3) is 21.5 Å². The minimum absolute atomic E-state index is 0.208. The molecule has 5 rings (SSSR count). The van der Waals surface area contributed by atoms with E-state index in [2.05, 4.69) is 49.4 Å². The van der Waals surface area contributed by atoms with Crippen molar-refractivity contribution >= 4 is 38.8 Å². The number of rotatable bonds is 4. The molecule has 2 aromatic carbocycles. The van der Waals surface area contributed by atoms with E-state index in [9.17, 15) is 4.79 Å². The van der Waals surface area contributed by atoms with E-state index in [4.69, 9.17) is 9.97 Å². The number of aryl methyl sites for hydroxylation is 2. The molecule has 0 aliphatic carbocycles. The number of amides is 1. The molecule has 158 valence electrons. The fourth-order valence-corrected chi connectivity index (χ4v) is 6.30. The van der Waals surface area contributed by atoms with E-state index in [1.54, 1.807) is 22.7 Å². The van der Waals surface area contributed by atoms with Crippen LogP contribution in [0.4, 0.5) is 0 Å². The third-order valence-corrected chi connectivity index (χ3v) is 8.12. The summed E-state index contributed by atoms with van der Waals surface area (Å²) in [5, 5.41) is 2.22. The molecule has 1 fully saturated rings. The Morgan fingerprint density at radius 1 is 1.00 bits per heavy atom. The molecule has 1 aliphatic heterocycles. The van der Waals surface area contributed by atoms with E-state index >= 15 is 0 Å². The molecular weight excluding hydrogens is 422 g/mol. The third-order valence-electron chi connectivity index (χ3n) is 5.95. The lowest BCUT2D eigenvalue weighted by Gasteiger charge is -2.31. The molecule has 3 heterocycles. The van der Waals surface area contributed by atoms with E-state index in [0.29, 0.717) is 12.3 Å². The first kappa shape index (κ1) is 20.3.